The van der Waals surface area contributed by atoms with Gasteiger partial charge in [0.15, 0.2) is 0 Å². The third kappa shape index (κ3) is 2.25. The lowest BCUT2D eigenvalue weighted by Gasteiger charge is -1.86. The first-order valence-electron chi connectivity index (χ1n) is 3.08. The Labute approximate surface area is 63.9 Å². The Kier molecular flexibility index (Phi) is 2.43. The summed E-state index contributed by atoms with van der Waals surface area (Å²) in [7, 11) is 1.34. The molecule has 1 aromatic heterocycles. The minimum Gasteiger partial charge on any atom is -0.466 e. The molecule has 0 unspecified atom stereocenters. The molecule has 0 spiro atoms. The zero-order chi connectivity index (χ0) is 8.10. The first kappa shape index (κ1) is 7.53. The maximum absolute atomic E-state index is 10.6. The van der Waals surface area contributed by atoms with Crippen LogP contribution < -0.4 is 0 Å². The molecule has 4 nitrogen and oxygen atoms in total. The number of H-pyrrole nitrogens is 1. The molecule has 0 aromatic carbocycles. The molecular formula is C7H8N2O2. The van der Waals surface area contributed by atoms with E-state index in [1.807, 2.05) is 0 Å². The van der Waals surface area contributed by atoms with E-state index in [1.165, 1.54) is 13.2 Å². The van der Waals surface area contributed by atoms with Crippen molar-refractivity contribution in [3.05, 3.63) is 24.0 Å². The molecule has 0 aliphatic heterocycles. The summed E-state index contributed by atoms with van der Waals surface area (Å²) in [5.74, 6) is -0.369. The molecule has 0 aliphatic rings. The summed E-state index contributed by atoms with van der Waals surface area (Å²) < 4.78 is 4.39. The summed E-state index contributed by atoms with van der Waals surface area (Å²) in [6.45, 7) is 0. The summed E-state index contributed by atoms with van der Waals surface area (Å²) >= 11 is 0. The number of carbonyl (C=O) groups excluding carboxylic acids is 1. The van der Waals surface area contributed by atoms with Crippen LogP contribution in [-0.4, -0.2) is 23.3 Å². The lowest BCUT2D eigenvalue weighted by molar-refractivity contribution is -0.134. The first-order valence-corrected chi connectivity index (χ1v) is 3.08. The lowest BCUT2D eigenvalue weighted by Crippen LogP contribution is -1.92. The van der Waals surface area contributed by atoms with E-state index in [4.69, 9.17) is 0 Å². The van der Waals surface area contributed by atoms with Crippen LogP contribution >= 0.6 is 0 Å². The van der Waals surface area contributed by atoms with Crippen molar-refractivity contribution in [2.45, 2.75) is 0 Å². The molecule has 11 heavy (non-hydrogen) atoms. The molecule has 1 heterocycles. The average molecular weight is 152 g/mol. The van der Waals surface area contributed by atoms with Crippen molar-refractivity contribution in [1.82, 2.24) is 10.2 Å². The predicted octanol–water partition coefficient (Wildman–Crippen LogP) is 0.596. The molecule has 1 N–H and O–H groups in total. The van der Waals surface area contributed by atoms with Gasteiger partial charge in [-0.05, 0) is 6.08 Å². The SMILES string of the molecule is COC(=O)C=Cc1cn[nH]c1. The molecule has 0 amide bonds. The Hall–Kier alpha value is -1.58. The van der Waals surface area contributed by atoms with Crippen molar-refractivity contribution in [3.8, 4) is 0 Å². The van der Waals surface area contributed by atoms with Crippen molar-refractivity contribution < 1.29 is 9.53 Å². The Balaban J connectivity index is 2.55. The number of methoxy groups -OCH3 is 1. The zero-order valence-electron chi connectivity index (χ0n) is 6.07. The first-order chi connectivity index (χ1) is 5.33. The monoisotopic (exact) mass is 152 g/mol. The Morgan fingerprint density at radius 2 is 2.64 bits per heavy atom. The van der Waals surface area contributed by atoms with Crippen LogP contribution in [0.3, 0.4) is 0 Å². The number of hydrogen-bond acceptors (Lipinski definition) is 3. The van der Waals surface area contributed by atoms with Gasteiger partial charge in [0.1, 0.15) is 0 Å². The number of nitrogens with one attached hydrogen (secondary N) is 1. The van der Waals surface area contributed by atoms with E-state index >= 15 is 0 Å². The summed E-state index contributed by atoms with van der Waals surface area (Å²) in [6.07, 6.45) is 6.25. The highest BCUT2D eigenvalue weighted by Gasteiger charge is 1.91. The van der Waals surface area contributed by atoms with Gasteiger partial charge in [0.2, 0.25) is 0 Å². The van der Waals surface area contributed by atoms with Crippen LogP contribution in [0.25, 0.3) is 6.08 Å². The van der Waals surface area contributed by atoms with Crippen molar-refractivity contribution in [2.75, 3.05) is 7.11 Å². The summed E-state index contributed by atoms with van der Waals surface area (Å²) in [6, 6.07) is 0. The smallest absolute Gasteiger partial charge is 0.330 e. The predicted molar refractivity (Wildman–Crippen MR) is 39.6 cm³/mol. The van der Waals surface area contributed by atoms with Crippen molar-refractivity contribution in [2.24, 2.45) is 0 Å². The van der Waals surface area contributed by atoms with Crippen LogP contribution in [0, 0.1) is 0 Å². The third-order valence-corrected chi connectivity index (χ3v) is 1.13. The molecule has 0 saturated heterocycles. The van der Waals surface area contributed by atoms with E-state index in [2.05, 4.69) is 14.9 Å². The molecule has 0 atom stereocenters. The highest BCUT2D eigenvalue weighted by Crippen LogP contribution is 1.96. The Morgan fingerprint density at radius 3 is 3.18 bits per heavy atom. The Bertz CT molecular complexity index is 251. The molecule has 0 fully saturated rings. The van der Waals surface area contributed by atoms with Gasteiger partial charge in [0.05, 0.1) is 13.3 Å². The topological polar surface area (TPSA) is 55.0 Å². The largest absolute Gasteiger partial charge is 0.466 e. The number of ether oxygens (including phenoxy) is 1. The molecule has 1 aromatic rings. The van der Waals surface area contributed by atoms with E-state index in [0.717, 1.165) is 5.56 Å². The lowest BCUT2D eigenvalue weighted by atomic mass is 10.3. The van der Waals surface area contributed by atoms with Crippen LogP contribution in [0.4, 0.5) is 0 Å². The fourth-order valence-electron chi connectivity index (χ4n) is 0.584. The van der Waals surface area contributed by atoms with Gasteiger partial charge in [-0.25, -0.2) is 4.79 Å². The van der Waals surface area contributed by atoms with E-state index in [0.29, 0.717) is 0 Å². The van der Waals surface area contributed by atoms with Gasteiger partial charge in [-0.1, -0.05) is 0 Å². The molecule has 0 saturated carbocycles. The normalized spacial score (nSPS) is 10.3. The second-order valence-electron chi connectivity index (χ2n) is 1.89. The van der Waals surface area contributed by atoms with Gasteiger partial charge in [-0.15, -0.1) is 0 Å². The second-order valence-corrected chi connectivity index (χ2v) is 1.89. The molecule has 0 radical (unpaired) electrons. The van der Waals surface area contributed by atoms with Crippen LogP contribution in [-0.2, 0) is 9.53 Å². The van der Waals surface area contributed by atoms with Crippen LogP contribution in [0.5, 0.6) is 0 Å². The number of aromatic amines is 1. The standard InChI is InChI=1S/C7H8N2O2/c1-11-7(10)3-2-6-4-8-9-5-6/h2-5H,1H3,(H,8,9). The number of aromatic nitrogens is 2. The number of hydrogen-bond donors (Lipinski definition) is 1. The molecule has 4 heteroatoms. The summed E-state index contributed by atoms with van der Waals surface area (Å²) in [4.78, 5) is 10.6. The van der Waals surface area contributed by atoms with Crippen molar-refractivity contribution in [1.29, 1.82) is 0 Å². The minimum absolute atomic E-state index is 0.369. The van der Waals surface area contributed by atoms with E-state index in [-0.39, 0.29) is 5.97 Å². The van der Waals surface area contributed by atoms with Crippen LogP contribution in [0.15, 0.2) is 18.5 Å². The zero-order valence-corrected chi connectivity index (χ0v) is 6.07. The van der Waals surface area contributed by atoms with Crippen molar-refractivity contribution >= 4 is 12.0 Å². The molecule has 1 rings (SSSR count). The van der Waals surface area contributed by atoms with E-state index in [9.17, 15) is 4.79 Å². The molecular weight excluding hydrogens is 144 g/mol. The average Bonchev–Trinajstić information content (AvgIpc) is 2.52. The van der Waals surface area contributed by atoms with Gasteiger partial charge in [0, 0.05) is 17.8 Å². The van der Waals surface area contributed by atoms with Crippen LogP contribution in [0.2, 0.25) is 0 Å². The summed E-state index contributed by atoms with van der Waals surface area (Å²) in [5, 5.41) is 6.32. The Morgan fingerprint density at radius 1 is 1.82 bits per heavy atom. The van der Waals surface area contributed by atoms with Gasteiger partial charge in [-0.3, -0.25) is 5.10 Å². The maximum atomic E-state index is 10.6. The quantitative estimate of drug-likeness (QED) is 0.498. The number of esters is 1. The van der Waals surface area contributed by atoms with Gasteiger partial charge >= 0.3 is 5.97 Å². The van der Waals surface area contributed by atoms with E-state index < -0.39 is 0 Å². The van der Waals surface area contributed by atoms with Crippen molar-refractivity contribution in [3.63, 3.8) is 0 Å². The van der Waals surface area contributed by atoms with Gasteiger partial charge < -0.3 is 4.74 Å². The fraction of sp³-hybridized carbons (Fsp3) is 0.143. The number of rotatable bonds is 2. The van der Waals surface area contributed by atoms with E-state index in [1.54, 1.807) is 18.5 Å². The molecule has 0 bridgehead atoms. The highest BCUT2D eigenvalue weighted by atomic mass is 16.5. The maximum Gasteiger partial charge on any atom is 0.330 e. The number of nitrogens with zero attached hydrogens (tertiary/aromatic N) is 1. The molecule has 58 valence electrons. The van der Waals surface area contributed by atoms with Gasteiger partial charge in [-0.2, -0.15) is 5.10 Å². The number of carbonyl (C=O) groups is 1. The minimum atomic E-state index is -0.369. The molecule has 0 aliphatic carbocycles. The fourth-order valence-corrected chi connectivity index (χ4v) is 0.584. The third-order valence-electron chi connectivity index (χ3n) is 1.13. The second kappa shape index (κ2) is 3.55. The van der Waals surface area contributed by atoms with Gasteiger partial charge in [0.25, 0.3) is 0 Å². The highest BCUT2D eigenvalue weighted by molar-refractivity contribution is 5.86. The summed E-state index contributed by atoms with van der Waals surface area (Å²) in [5.41, 5.74) is 0.843. The van der Waals surface area contributed by atoms with Crippen LogP contribution in [0.1, 0.15) is 5.56 Å².